The Labute approximate surface area is 126 Å². The van der Waals surface area contributed by atoms with Gasteiger partial charge in [0.1, 0.15) is 11.3 Å². The molecule has 4 heteroatoms. The van der Waals surface area contributed by atoms with Crippen molar-refractivity contribution >= 4 is 11.8 Å². The van der Waals surface area contributed by atoms with E-state index in [1.165, 1.54) is 0 Å². The van der Waals surface area contributed by atoms with Crippen molar-refractivity contribution in [2.24, 2.45) is 0 Å². The smallest absolute Gasteiger partial charge is 0.132 e. The molecule has 1 rings (SSSR count). The lowest BCUT2D eigenvalue weighted by molar-refractivity contribution is 0.382. The van der Waals surface area contributed by atoms with E-state index in [2.05, 4.69) is 38.2 Å². The van der Waals surface area contributed by atoms with E-state index >= 15 is 0 Å². The molecule has 0 bridgehead atoms. The molecule has 0 aliphatic heterocycles. The largest absolute Gasteiger partial charge is 0.496 e. The normalized spacial score (nSPS) is 15.4. The second kappa shape index (κ2) is 7.56. The van der Waals surface area contributed by atoms with Crippen LogP contribution in [-0.2, 0) is 0 Å². The van der Waals surface area contributed by atoms with E-state index < -0.39 is 5.54 Å². The number of ether oxygens (including phenoxy) is 1. The number of benzene rings is 1. The SMILES string of the molecule is COc1ccccc1SC(C)CC(C)(C#N)NC(C)C. The van der Waals surface area contributed by atoms with Gasteiger partial charge in [0.05, 0.1) is 13.2 Å². The lowest BCUT2D eigenvalue weighted by Crippen LogP contribution is -2.46. The molecular weight excluding hydrogens is 268 g/mol. The summed E-state index contributed by atoms with van der Waals surface area (Å²) in [5.41, 5.74) is -0.497. The molecule has 0 aliphatic carbocycles. The highest BCUT2D eigenvalue weighted by atomic mass is 32.2. The van der Waals surface area contributed by atoms with Gasteiger partial charge in [0.2, 0.25) is 0 Å². The quantitative estimate of drug-likeness (QED) is 0.775. The molecule has 2 unspecified atom stereocenters. The first-order valence-electron chi connectivity index (χ1n) is 6.89. The van der Waals surface area contributed by atoms with Gasteiger partial charge in [-0.1, -0.05) is 19.1 Å². The van der Waals surface area contributed by atoms with E-state index in [1.807, 2.05) is 25.1 Å². The van der Waals surface area contributed by atoms with Crippen molar-refractivity contribution in [2.45, 2.75) is 55.8 Å². The van der Waals surface area contributed by atoms with Crippen LogP contribution in [0.25, 0.3) is 0 Å². The van der Waals surface area contributed by atoms with Crippen molar-refractivity contribution < 1.29 is 4.74 Å². The van der Waals surface area contributed by atoms with Crippen LogP contribution < -0.4 is 10.1 Å². The fourth-order valence-corrected chi connectivity index (χ4v) is 3.60. The molecule has 1 aromatic rings. The average Bonchev–Trinajstić information content (AvgIpc) is 2.38. The molecule has 3 nitrogen and oxygen atoms in total. The third kappa shape index (κ3) is 5.07. The molecule has 20 heavy (non-hydrogen) atoms. The molecule has 0 radical (unpaired) electrons. The third-order valence-corrected chi connectivity index (χ3v) is 4.11. The number of nitrogens with one attached hydrogen (secondary N) is 1. The highest BCUT2D eigenvalue weighted by Gasteiger charge is 2.27. The molecule has 0 spiro atoms. The zero-order valence-corrected chi connectivity index (χ0v) is 13.8. The zero-order chi connectivity index (χ0) is 15.2. The molecule has 110 valence electrons. The van der Waals surface area contributed by atoms with Crippen molar-refractivity contribution in [3.8, 4) is 11.8 Å². The van der Waals surface area contributed by atoms with Crippen LogP contribution in [0.3, 0.4) is 0 Å². The topological polar surface area (TPSA) is 45.0 Å². The number of thioether (sulfide) groups is 1. The first-order chi connectivity index (χ1) is 9.40. The lowest BCUT2D eigenvalue weighted by atomic mass is 9.97. The highest BCUT2D eigenvalue weighted by Crippen LogP contribution is 2.34. The van der Waals surface area contributed by atoms with E-state index in [9.17, 15) is 5.26 Å². The predicted octanol–water partition coefficient (Wildman–Crippen LogP) is 3.85. The molecule has 0 fully saturated rings. The van der Waals surface area contributed by atoms with Crippen LogP contribution in [0.4, 0.5) is 0 Å². The van der Waals surface area contributed by atoms with Gasteiger partial charge in [-0.25, -0.2) is 0 Å². The maximum absolute atomic E-state index is 9.40. The summed E-state index contributed by atoms with van der Waals surface area (Å²) in [6.07, 6.45) is 0.782. The van der Waals surface area contributed by atoms with Crippen LogP contribution in [-0.4, -0.2) is 23.9 Å². The summed E-state index contributed by atoms with van der Waals surface area (Å²) in [5, 5.41) is 13.1. The minimum atomic E-state index is -0.497. The standard InChI is InChI=1S/C16H24N2OS/c1-12(2)18-16(4,11-17)10-13(3)20-15-9-7-6-8-14(15)19-5/h6-9,12-13,18H,10H2,1-5H3. The molecule has 0 aliphatic rings. The summed E-state index contributed by atoms with van der Waals surface area (Å²) in [7, 11) is 1.68. The molecule has 0 saturated heterocycles. The Morgan fingerprint density at radius 1 is 1.35 bits per heavy atom. The summed E-state index contributed by atoms with van der Waals surface area (Å²) in [6.45, 7) is 8.24. The van der Waals surface area contributed by atoms with Crippen LogP contribution in [0.15, 0.2) is 29.2 Å². The van der Waals surface area contributed by atoms with Gasteiger partial charge < -0.3 is 4.74 Å². The van der Waals surface area contributed by atoms with Crippen LogP contribution in [0.5, 0.6) is 5.75 Å². The summed E-state index contributed by atoms with van der Waals surface area (Å²) in [4.78, 5) is 1.12. The molecular formula is C16H24N2OS. The van der Waals surface area contributed by atoms with Gasteiger partial charge in [0, 0.05) is 16.2 Å². The van der Waals surface area contributed by atoms with Crippen LogP contribution >= 0.6 is 11.8 Å². The molecule has 1 aromatic carbocycles. The molecule has 0 amide bonds. The van der Waals surface area contributed by atoms with Gasteiger partial charge in [-0.3, -0.25) is 5.32 Å². The number of methoxy groups -OCH3 is 1. The Morgan fingerprint density at radius 2 is 2.00 bits per heavy atom. The number of hydrogen-bond donors (Lipinski definition) is 1. The molecule has 0 aromatic heterocycles. The van der Waals surface area contributed by atoms with Crippen molar-refractivity contribution in [2.75, 3.05) is 7.11 Å². The number of rotatable bonds is 7. The first-order valence-corrected chi connectivity index (χ1v) is 7.77. The Hall–Kier alpha value is -1.18. The maximum Gasteiger partial charge on any atom is 0.132 e. The Morgan fingerprint density at radius 3 is 2.55 bits per heavy atom. The zero-order valence-electron chi connectivity index (χ0n) is 12.9. The third-order valence-electron chi connectivity index (χ3n) is 2.95. The van der Waals surface area contributed by atoms with E-state index in [4.69, 9.17) is 4.74 Å². The molecule has 0 saturated carbocycles. The fourth-order valence-electron chi connectivity index (χ4n) is 2.32. The van der Waals surface area contributed by atoms with E-state index in [0.29, 0.717) is 11.3 Å². The second-order valence-electron chi connectivity index (χ2n) is 5.53. The monoisotopic (exact) mass is 292 g/mol. The van der Waals surface area contributed by atoms with Crippen LogP contribution in [0.2, 0.25) is 0 Å². The Balaban J connectivity index is 2.71. The molecule has 2 atom stereocenters. The molecule has 0 heterocycles. The van der Waals surface area contributed by atoms with Gasteiger partial charge in [0.25, 0.3) is 0 Å². The predicted molar refractivity (Wildman–Crippen MR) is 85.2 cm³/mol. The summed E-state index contributed by atoms with van der Waals surface area (Å²) >= 11 is 1.75. The Kier molecular flexibility index (Phi) is 6.38. The van der Waals surface area contributed by atoms with Gasteiger partial charge in [-0.05, 0) is 39.3 Å². The lowest BCUT2D eigenvalue weighted by Gasteiger charge is -2.28. The number of para-hydroxylation sites is 1. The van der Waals surface area contributed by atoms with Gasteiger partial charge in [-0.2, -0.15) is 5.26 Å². The number of hydrogen-bond acceptors (Lipinski definition) is 4. The van der Waals surface area contributed by atoms with Crippen molar-refractivity contribution in [1.82, 2.24) is 5.32 Å². The number of nitrogens with zero attached hydrogens (tertiary/aromatic N) is 1. The fraction of sp³-hybridized carbons (Fsp3) is 0.562. The second-order valence-corrected chi connectivity index (χ2v) is 7.01. The first kappa shape index (κ1) is 16.9. The van der Waals surface area contributed by atoms with Crippen LogP contribution in [0.1, 0.15) is 34.1 Å². The van der Waals surface area contributed by atoms with Gasteiger partial charge in [0.15, 0.2) is 0 Å². The summed E-state index contributed by atoms with van der Waals surface area (Å²) in [5.74, 6) is 0.889. The summed E-state index contributed by atoms with van der Waals surface area (Å²) in [6, 6.07) is 10.7. The van der Waals surface area contributed by atoms with E-state index in [1.54, 1.807) is 18.9 Å². The van der Waals surface area contributed by atoms with E-state index in [-0.39, 0.29) is 0 Å². The van der Waals surface area contributed by atoms with Crippen molar-refractivity contribution in [1.29, 1.82) is 5.26 Å². The Bertz CT molecular complexity index is 470. The van der Waals surface area contributed by atoms with Crippen LogP contribution in [0, 0.1) is 11.3 Å². The van der Waals surface area contributed by atoms with Gasteiger partial charge >= 0.3 is 0 Å². The van der Waals surface area contributed by atoms with Crippen molar-refractivity contribution in [3.63, 3.8) is 0 Å². The minimum Gasteiger partial charge on any atom is -0.496 e. The number of nitriles is 1. The average molecular weight is 292 g/mol. The van der Waals surface area contributed by atoms with Crippen molar-refractivity contribution in [3.05, 3.63) is 24.3 Å². The van der Waals surface area contributed by atoms with E-state index in [0.717, 1.165) is 17.1 Å². The molecule has 1 N–H and O–H groups in total. The minimum absolute atomic E-state index is 0.295. The van der Waals surface area contributed by atoms with Gasteiger partial charge in [-0.15, -0.1) is 11.8 Å². The highest BCUT2D eigenvalue weighted by molar-refractivity contribution is 8.00. The maximum atomic E-state index is 9.40. The summed E-state index contributed by atoms with van der Waals surface area (Å²) < 4.78 is 5.37.